The van der Waals surface area contributed by atoms with E-state index in [1.165, 1.54) is 0 Å². The Bertz CT molecular complexity index is 945. The molecule has 1 saturated heterocycles. The molecule has 1 aromatic heterocycles. The average Bonchev–Trinajstić information content (AvgIpc) is 3.14. The molecule has 0 amide bonds. The van der Waals surface area contributed by atoms with Crippen molar-refractivity contribution in [3.63, 3.8) is 0 Å². The minimum Gasteiger partial charge on any atom is -0.357 e. The van der Waals surface area contributed by atoms with Gasteiger partial charge in [0.2, 0.25) is 10.0 Å². The third-order valence-corrected chi connectivity index (χ3v) is 7.07. The summed E-state index contributed by atoms with van der Waals surface area (Å²) in [5.74, 6) is 0.626. The first kappa shape index (κ1) is 21.4. The van der Waals surface area contributed by atoms with E-state index in [9.17, 15) is 8.42 Å². The van der Waals surface area contributed by atoms with Crippen LogP contribution in [0, 0.1) is 0 Å². The van der Waals surface area contributed by atoms with Crippen LogP contribution in [0.3, 0.4) is 0 Å². The minimum absolute atomic E-state index is 0.357. The number of likely N-dealkylation sites (N-methyl/N-ethyl adjacent to an activating group) is 1. The molecule has 9 heteroatoms. The molecule has 0 radical (unpaired) electrons. The van der Waals surface area contributed by atoms with Gasteiger partial charge in [-0.1, -0.05) is 18.2 Å². The Balaban J connectivity index is 1.66. The van der Waals surface area contributed by atoms with E-state index in [4.69, 9.17) is 0 Å². The molecule has 2 N–H and O–H groups in total. The van der Waals surface area contributed by atoms with E-state index in [2.05, 4.69) is 20.5 Å². The maximum atomic E-state index is 13.2. The second-order valence-corrected chi connectivity index (χ2v) is 9.19. The Morgan fingerprint density at radius 1 is 1.03 bits per heavy atom. The lowest BCUT2D eigenvalue weighted by molar-refractivity contribution is 0.222. The smallest absolute Gasteiger partial charge is 0.243 e. The number of hydrogen-bond donors (Lipinski definition) is 2. The highest BCUT2D eigenvalue weighted by molar-refractivity contribution is 7.89. The molecule has 2 aromatic rings. The zero-order valence-electron chi connectivity index (χ0n) is 17.3. The van der Waals surface area contributed by atoms with E-state index in [0.717, 1.165) is 24.2 Å². The first-order valence-corrected chi connectivity index (χ1v) is 11.2. The van der Waals surface area contributed by atoms with Gasteiger partial charge in [-0.05, 0) is 30.3 Å². The molecular weight excluding hydrogens is 388 g/mol. The quantitative estimate of drug-likeness (QED) is 0.536. The number of aromatic nitrogens is 1. The van der Waals surface area contributed by atoms with Crippen LogP contribution in [0.1, 0.15) is 11.1 Å². The van der Waals surface area contributed by atoms with Gasteiger partial charge in [-0.15, -0.1) is 0 Å². The van der Waals surface area contributed by atoms with Crippen LogP contribution in [-0.2, 0) is 30.2 Å². The standard InChI is InChI=1S/C20H30N6O2S/c1-21-20(22-14-17-8-9-25(3)16-17)23-15-18-6-4-5-7-19(18)29(27,28)26-12-10-24(2)11-13-26/h4-9,16H,10-15H2,1-3H3,(H2,21,22,23). The average molecular weight is 419 g/mol. The largest absolute Gasteiger partial charge is 0.357 e. The number of sulfonamides is 1. The summed E-state index contributed by atoms with van der Waals surface area (Å²) in [5.41, 5.74) is 1.88. The van der Waals surface area contributed by atoms with Gasteiger partial charge in [0.05, 0.1) is 4.90 Å². The summed E-state index contributed by atoms with van der Waals surface area (Å²) in [6.45, 7) is 3.53. The minimum atomic E-state index is -3.52. The molecule has 158 valence electrons. The summed E-state index contributed by atoms with van der Waals surface area (Å²) >= 11 is 0. The Kier molecular flexibility index (Phi) is 6.94. The van der Waals surface area contributed by atoms with Crippen molar-refractivity contribution in [2.24, 2.45) is 12.0 Å². The van der Waals surface area contributed by atoms with Crippen molar-refractivity contribution in [2.75, 3.05) is 40.3 Å². The summed E-state index contributed by atoms with van der Waals surface area (Å²) in [5, 5.41) is 6.48. The molecule has 0 saturated carbocycles. The van der Waals surface area contributed by atoms with E-state index >= 15 is 0 Å². The lowest BCUT2D eigenvalue weighted by atomic mass is 10.2. The second-order valence-electron chi connectivity index (χ2n) is 7.28. The molecule has 1 aliphatic rings. The number of aliphatic imine (C=N–C) groups is 1. The second kappa shape index (κ2) is 9.43. The summed E-state index contributed by atoms with van der Waals surface area (Å²) in [6.07, 6.45) is 4.03. The summed E-state index contributed by atoms with van der Waals surface area (Å²) in [6, 6.07) is 9.21. The van der Waals surface area contributed by atoms with E-state index in [0.29, 0.717) is 37.0 Å². The first-order valence-electron chi connectivity index (χ1n) is 9.72. The molecule has 1 fully saturated rings. The van der Waals surface area contributed by atoms with Gasteiger partial charge < -0.3 is 20.1 Å². The fourth-order valence-electron chi connectivity index (χ4n) is 3.32. The lowest BCUT2D eigenvalue weighted by Crippen LogP contribution is -2.47. The molecule has 0 bridgehead atoms. The molecule has 3 rings (SSSR count). The molecule has 8 nitrogen and oxygen atoms in total. The number of nitrogens with zero attached hydrogens (tertiary/aromatic N) is 4. The van der Waals surface area contributed by atoms with Crippen molar-refractivity contribution in [1.82, 2.24) is 24.4 Å². The fraction of sp³-hybridized carbons (Fsp3) is 0.450. The normalized spacial score (nSPS) is 16.7. The molecule has 29 heavy (non-hydrogen) atoms. The van der Waals surface area contributed by atoms with Crippen LogP contribution in [-0.4, -0.2) is 68.4 Å². The Morgan fingerprint density at radius 2 is 1.72 bits per heavy atom. The van der Waals surface area contributed by atoms with Gasteiger partial charge in [-0.3, -0.25) is 4.99 Å². The van der Waals surface area contributed by atoms with Crippen molar-refractivity contribution >= 4 is 16.0 Å². The number of piperazine rings is 1. The number of guanidine groups is 1. The van der Waals surface area contributed by atoms with Crippen molar-refractivity contribution in [3.8, 4) is 0 Å². The molecule has 1 aromatic carbocycles. The maximum Gasteiger partial charge on any atom is 0.243 e. The lowest BCUT2D eigenvalue weighted by Gasteiger charge is -2.32. The SMILES string of the molecule is CN=C(NCc1ccn(C)c1)NCc1ccccc1S(=O)(=O)N1CCN(C)CC1. The summed E-state index contributed by atoms with van der Waals surface area (Å²) in [7, 11) is 2.17. The Hall–Kier alpha value is -2.36. The van der Waals surface area contributed by atoms with Gasteiger partial charge in [-0.2, -0.15) is 4.31 Å². The predicted octanol–water partition coefficient (Wildman–Crippen LogP) is 0.826. The zero-order valence-corrected chi connectivity index (χ0v) is 18.1. The van der Waals surface area contributed by atoms with Crippen LogP contribution in [0.2, 0.25) is 0 Å². The zero-order chi connectivity index (χ0) is 20.9. The van der Waals surface area contributed by atoms with Crippen LogP contribution in [0.15, 0.2) is 52.6 Å². The van der Waals surface area contributed by atoms with Crippen molar-refractivity contribution in [3.05, 3.63) is 53.9 Å². The number of benzene rings is 1. The summed E-state index contributed by atoms with van der Waals surface area (Å²) < 4.78 is 29.9. The highest BCUT2D eigenvalue weighted by Gasteiger charge is 2.29. The molecular formula is C20H30N6O2S. The molecule has 0 spiro atoms. The van der Waals surface area contributed by atoms with Gasteiger partial charge in [0.25, 0.3) is 0 Å². The molecule has 0 unspecified atom stereocenters. The fourth-order valence-corrected chi connectivity index (χ4v) is 4.96. The van der Waals surface area contributed by atoms with Crippen LogP contribution >= 0.6 is 0 Å². The number of aryl methyl sites for hydroxylation is 1. The Morgan fingerprint density at radius 3 is 2.38 bits per heavy atom. The highest BCUT2D eigenvalue weighted by Crippen LogP contribution is 2.21. The number of nitrogens with one attached hydrogen (secondary N) is 2. The molecule has 2 heterocycles. The summed E-state index contributed by atoms with van der Waals surface area (Å²) in [4.78, 5) is 6.74. The molecule has 0 aliphatic carbocycles. The Labute approximate surface area is 173 Å². The van der Waals surface area contributed by atoms with Crippen molar-refractivity contribution < 1.29 is 8.42 Å². The van der Waals surface area contributed by atoms with Crippen LogP contribution in [0.25, 0.3) is 0 Å². The highest BCUT2D eigenvalue weighted by atomic mass is 32.2. The van der Waals surface area contributed by atoms with E-state index in [-0.39, 0.29) is 0 Å². The maximum absolute atomic E-state index is 13.2. The third kappa shape index (κ3) is 5.37. The van der Waals surface area contributed by atoms with Crippen molar-refractivity contribution in [2.45, 2.75) is 18.0 Å². The van der Waals surface area contributed by atoms with Gasteiger partial charge in [0, 0.05) is 65.8 Å². The van der Waals surface area contributed by atoms with Gasteiger partial charge in [-0.25, -0.2) is 8.42 Å². The molecule has 1 aliphatic heterocycles. The van der Waals surface area contributed by atoms with Gasteiger partial charge in [0.15, 0.2) is 5.96 Å². The van der Waals surface area contributed by atoms with Crippen molar-refractivity contribution in [1.29, 1.82) is 0 Å². The number of hydrogen-bond acceptors (Lipinski definition) is 4. The van der Waals surface area contributed by atoms with Crippen LogP contribution in [0.5, 0.6) is 0 Å². The van der Waals surface area contributed by atoms with Crippen LogP contribution < -0.4 is 10.6 Å². The molecule has 0 atom stereocenters. The predicted molar refractivity (Wildman–Crippen MR) is 115 cm³/mol. The topological polar surface area (TPSA) is 82.0 Å². The van der Waals surface area contributed by atoms with Crippen LogP contribution in [0.4, 0.5) is 0 Å². The van der Waals surface area contributed by atoms with Gasteiger partial charge in [0.1, 0.15) is 0 Å². The third-order valence-electron chi connectivity index (χ3n) is 5.08. The number of rotatable bonds is 6. The van der Waals surface area contributed by atoms with Gasteiger partial charge >= 0.3 is 0 Å². The monoisotopic (exact) mass is 418 g/mol. The van der Waals surface area contributed by atoms with E-state index in [1.807, 2.05) is 49.3 Å². The van der Waals surface area contributed by atoms with E-state index in [1.54, 1.807) is 23.5 Å². The van der Waals surface area contributed by atoms with E-state index < -0.39 is 10.0 Å². The first-order chi connectivity index (χ1) is 13.9.